The molecule has 43 heavy (non-hydrogen) atoms. The van der Waals surface area contributed by atoms with Crippen molar-refractivity contribution in [1.29, 1.82) is 0 Å². The normalized spacial score (nSPS) is 17.0. The molecule has 0 bridgehead atoms. The molecule has 2 aromatic carbocycles. The minimum absolute atomic E-state index is 0.241. The predicted octanol–water partition coefficient (Wildman–Crippen LogP) is 8.01. The first-order valence-electron chi connectivity index (χ1n) is 15.5. The van der Waals surface area contributed by atoms with E-state index in [9.17, 15) is 19.5 Å². The number of esters is 1. The van der Waals surface area contributed by atoms with Crippen LogP contribution in [0.2, 0.25) is 0 Å². The highest BCUT2D eigenvalue weighted by Crippen LogP contribution is 2.39. The van der Waals surface area contributed by atoms with Crippen molar-refractivity contribution in [1.82, 2.24) is 9.55 Å². The van der Waals surface area contributed by atoms with E-state index in [1.807, 2.05) is 54.7 Å². The average molecular weight is 587 g/mol. The van der Waals surface area contributed by atoms with Crippen LogP contribution in [0.15, 0.2) is 60.9 Å². The molecule has 2 aromatic heterocycles. The van der Waals surface area contributed by atoms with Gasteiger partial charge in [-0.15, -0.1) is 0 Å². The Hall–Kier alpha value is -4.07. The third kappa shape index (κ3) is 6.79. The van der Waals surface area contributed by atoms with Crippen LogP contribution in [-0.2, 0) is 19.1 Å². The molecule has 0 radical (unpaired) electrons. The molecule has 2 saturated carbocycles. The summed E-state index contributed by atoms with van der Waals surface area (Å²) in [6, 6.07) is 15.5. The lowest BCUT2D eigenvalue weighted by molar-refractivity contribution is -0.143. The number of carboxylic acid groups (broad SMARTS) is 1. The van der Waals surface area contributed by atoms with E-state index in [0.717, 1.165) is 58.6 Å². The van der Waals surface area contributed by atoms with E-state index in [4.69, 9.17) is 9.47 Å². The van der Waals surface area contributed by atoms with Gasteiger partial charge >= 0.3 is 18.0 Å². The monoisotopic (exact) mass is 586 g/mol. The fourth-order valence-electron chi connectivity index (χ4n) is 7.13. The van der Waals surface area contributed by atoms with Crippen molar-refractivity contribution in [2.45, 2.75) is 76.0 Å². The molecule has 0 spiro atoms. The molecule has 228 valence electrons. The van der Waals surface area contributed by atoms with Gasteiger partial charge in [0.2, 0.25) is 0 Å². The van der Waals surface area contributed by atoms with Crippen LogP contribution in [0.3, 0.4) is 0 Å². The van der Waals surface area contributed by atoms with Crippen molar-refractivity contribution in [3.8, 4) is 0 Å². The Bertz CT molecular complexity index is 1560. The van der Waals surface area contributed by atoms with Crippen LogP contribution in [0.25, 0.3) is 21.8 Å². The maximum absolute atomic E-state index is 12.4. The third-order valence-corrected chi connectivity index (χ3v) is 9.36. The lowest BCUT2D eigenvalue weighted by Crippen LogP contribution is -2.17. The molecule has 2 unspecified atom stereocenters. The second kappa shape index (κ2) is 13.9. The SMILES string of the molecule is COC(=O)C(CC1CCCC1)c1cn(C(=O)OC)c2ccccc12.O=C(O)C(CC1CCCC1)c1c[nH]c2ccccc12. The van der Waals surface area contributed by atoms with Crippen molar-refractivity contribution in [2.24, 2.45) is 11.8 Å². The van der Waals surface area contributed by atoms with Crippen LogP contribution < -0.4 is 0 Å². The number of para-hydroxylation sites is 2. The number of methoxy groups -OCH3 is 2. The molecule has 8 heteroatoms. The van der Waals surface area contributed by atoms with Crippen LogP contribution >= 0.6 is 0 Å². The van der Waals surface area contributed by atoms with Crippen LogP contribution in [0.5, 0.6) is 0 Å². The molecule has 2 heterocycles. The molecule has 2 fully saturated rings. The van der Waals surface area contributed by atoms with Gasteiger partial charge in [0, 0.05) is 28.7 Å². The maximum Gasteiger partial charge on any atom is 0.418 e. The number of nitrogens with one attached hydrogen (secondary N) is 1. The molecular weight excluding hydrogens is 544 g/mol. The number of benzene rings is 2. The molecule has 8 nitrogen and oxygen atoms in total. The Labute approximate surface area is 252 Å². The summed E-state index contributed by atoms with van der Waals surface area (Å²) in [7, 11) is 2.77. The smallest absolute Gasteiger partial charge is 0.418 e. The van der Waals surface area contributed by atoms with Gasteiger partial charge in [0.15, 0.2) is 0 Å². The molecule has 4 aromatic rings. The van der Waals surface area contributed by atoms with Gasteiger partial charge in [0.25, 0.3) is 0 Å². The Morgan fingerprint density at radius 2 is 1.40 bits per heavy atom. The number of carboxylic acids is 1. The van der Waals surface area contributed by atoms with Crippen LogP contribution in [0, 0.1) is 11.8 Å². The number of hydrogen-bond donors (Lipinski definition) is 2. The van der Waals surface area contributed by atoms with E-state index in [0.29, 0.717) is 11.8 Å². The number of fused-ring (bicyclic) bond motifs is 2. The molecule has 2 atom stereocenters. The Kier molecular flexibility index (Phi) is 9.85. The molecule has 0 aliphatic heterocycles. The van der Waals surface area contributed by atoms with Gasteiger partial charge in [-0.1, -0.05) is 87.8 Å². The summed E-state index contributed by atoms with van der Waals surface area (Å²) in [4.78, 5) is 39.3. The first kappa shape index (κ1) is 30.4. The van der Waals surface area contributed by atoms with E-state index in [2.05, 4.69) is 4.98 Å². The standard InChI is InChI=1S/C19H23NO4.C16H19NO2/c1-23-18(21)15(11-13-7-3-4-8-13)16-12-20(19(22)24-2)17-10-6-5-9-14(16)17;18-16(19)13(9-11-5-1-2-6-11)14-10-17-15-8-4-3-7-12(14)15/h5-6,9-10,12-13,15H,3-4,7-8,11H2,1-2H3;3-4,7-8,10-11,13,17H,1-2,5-6,9H2,(H,18,19). The number of ether oxygens (including phenoxy) is 2. The molecule has 0 saturated heterocycles. The van der Waals surface area contributed by atoms with E-state index in [1.165, 1.54) is 57.3 Å². The van der Waals surface area contributed by atoms with Crippen molar-refractivity contribution >= 4 is 39.8 Å². The predicted molar refractivity (Wildman–Crippen MR) is 166 cm³/mol. The van der Waals surface area contributed by atoms with E-state index in [-0.39, 0.29) is 17.8 Å². The van der Waals surface area contributed by atoms with Gasteiger partial charge in [-0.3, -0.25) is 14.2 Å². The molecule has 0 amide bonds. The zero-order valence-corrected chi connectivity index (χ0v) is 25.1. The van der Waals surface area contributed by atoms with Gasteiger partial charge in [0.1, 0.15) is 0 Å². The summed E-state index contributed by atoms with van der Waals surface area (Å²) in [5.41, 5.74) is 3.56. The van der Waals surface area contributed by atoms with Gasteiger partial charge in [-0.25, -0.2) is 4.79 Å². The first-order chi connectivity index (χ1) is 20.9. The van der Waals surface area contributed by atoms with Crippen molar-refractivity contribution in [3.05, 3.63) is 72.1 Å². The van der Waals surface area contributed by atoms with Crippen LogP contribution in [0.1, 0.15) is 87.2 Å². The van der Waals surface area contributed by atoms with Crippen molar-refractivity contribution in [3.63, 3.8) is 0 Å². The Morgan fingerprint density at radius 3 is 2.00 bits per heavy atom. The topological polar surface area (TPSA) is 111 Å². The number of carbonyl (C=O) groups is 3. The number of rotatable bonds is 8. The zero-order chi connectivity index (χ0) is 30.3. The minimum Gasteiger partial charge on any atom is -0.481 e. The summed E-state index contributed by atoms with van der Waals surface area (Å²) in [6.45, 7) is 0. The maximum atomic E-state index is 12.4. The summed E-state index contributed by atoms with van der Waals surface area (Å²) >= 11 is 0. The highest BCUT2D eigenvalue weighted by atomic mass is 16.5. The van der Waals surface area contributed by atoms with Crippen LogP contribution in [-0.4, -0.2) is 46.9 Å². The van der Waals surface area contributed by atoms with Gasteiger partial charge < -0.3 is 19.6 Å². The first-order valence-corrected chi connectivity index (χ1v) is 15.5. The lowest BCUT2D eigenvalue weighted by atomic mass is 9.88. The second-order valence-electron chi connectivity index (χ2n) is 12.0. The van der Waals surface area contributed by atoms with Crippen LogP contribution in [0.4, 0.5) is 4.79 Å². The highest BCUT2D eigenvalue weighted by Gasteiger charge is 2.31. The fourth-order valence-corrected chi connectivity index (χ4v) is 7.13. The average Bonchev–Trinajstić information content (AvgIpc) is 3.85. The van der Waals surface area contributed by atoms with E-state index in [1.54, 1.807) is 6.20 Å². The largest absolute Gasteiger partial charge is 0.481 e. The van der Waals surface area contributed by atoms with Gasteiger partial charge in [-0.2, -0.15) is 0 Å². The molecular formula is C35H42N2O6. The third-order valence-electron chi connectivity index (χ3n) is 9.36. The number of aromatic amines is 1. The van der Waals surface area contributed by atoms with Gasteiger partial charge in [0.05, 0.1) is 31.6 Å². The molecule has 6 rings (SSSR count). The number of carbonyl (C=O) groups excluding carboxylic acids is 2. The Balaban J connectivity index is 0.000000176. The molecule has 2 aliphatic rings. The van der Waals surface area contributed by atoms with Crippen molar-refractivity contribution in [2.75, 3.05) is 14.2 Å². The lowest BCUT2D eigenvalue weighted by Gasteiger charge is -2.18. The molecule has 2 N–H and O–H groups in total. The number of aliphatic carboxylic acids is 1. The fraction of sp³-hybridized carbons (Fsp3) is 0.457. The number of H-pyrrole nitrogens is 1. The number of aromatic nitrogens is 2. The second-order valence-corrected chi connectivity index (χ2v) is 12.0. The summed E-state index contributed by atoms with van der Waals surface area (Å²) in [6.07, 6.45) is 14.3. The molecule has 2 aliphatic carbocycles. The Morgan fingerprint density at radius 1 is 0.814 bits per heavy atom. The number of nitrogens with zero attached hydrogens (tertiary/aromatic N) is 1. The highest BCUT2D eigenvalue weighted by molar-refractivity contribution is 5.95. The van der Waals surface area contributed by atoms with Gasteiger partial charge in [-0.05, 0) is 47.9 Å². The minimum atomic E-state index is -0.698. The van der Waals surface area contributed by atoms with Crippen molar-refractivity contribution < 1.29 is 29.0 Å². The zero-order valence-electron chi connectivity index (χ0n) is 25.1. The summed E-state index contributed by atoms with van der Waals surface area (Å²) in [5, 5.41) is 11.5. The number of hydrogen-bond acceptors (Lipinski definition) is 5. The van der Waals surface area contributed by atoms with E-state index < -0.39 is 12.1 Å². The van der Waals surface area contributed by atoms with E-state index >= 15 is 0 Å². The quantitative estimate of drug-likeness (QED) is 0.202. The summed E-state index contributed by atoms with van der Waals surface area (Å²) in [5.74, 6) is -0.552. The summed E-state index contributed by atoms with van der Waals surface area (Å²) < 4.78 is 11.4.